The summed E-state index contributed by atoms with van der Waals surface area (Å²) >= 11 is 0. The van der Waals surface area contributed by atoms with Gasteiger partial charge >= 0.3 is 0 Å². The van der Waals surface area contributed by atoms with E-state index in [9.17, 15) is 4.79 Å². The summed E-state index contributed by atoms with van der Waals surface area (Å²) in [5.74, 6) is 1.50. The topological polar surface area (TPSA) is 79.2 Å². The predicted octanol–water partition coefficient (Wildman–Crippen LogP) is 2.35. The Labute approximate surface area is 161 Å². The predicted molar refractivity (Wildman–Crippen MR) is 106 cm³/mol. The molecule has 0 saturated carbocycles. The zero-order valence-corrected chi connectivity index (χ0v) is 15.6. The molecular formula is C21H20N6O. The molecule has 0 unspecified atom stereocenters. The monoisotopic (exact) mass is 372 g/mol. The van der Waals surface area contributed by atoms with Crippen molar-refractivity contribution in [1.82, 2.24) is 29.2 Å². The molecule has 5 heterocycles. The van der Waals surface area contributed by atoms with Crippen LogP contribution in [-0.4, -0.2) is 35.8 Å². The van der Waals surface area contributed by atoms with E-state index in [0.29, 0.717) is 24.5 Å². The van der Waals surface area contributed by atoms with Gasteiger partial charge in [0.05, 0.1) is 16.9 Å². The van der Waals surface area contributed by atoms with Crippen molar-refractivity contribution in [3.8, 4) is 11.5 Å². The van der Waals surface area contributed by atoms with Crippen LogP contribution >= 0.6 is 0 Å². The molecule has 0 aliphatic carbocycles. The number of aryl methyl sites for hydroxylation is 1. The standard InChI is InChI=1S/C21H20N6O/c1-14-23-18(19-7-3-5-10-27(14)19)13-26-11-8-15-17(12-26)24-20(25-21(15)28)16-6-2-4-9-22-16/h2-7,9-10H,8,11-13H2,1H3,(H,24,25,28). The number of H-pyrrole nitrogens is 1. The number of hydrogen-bond donors (Lipinski definition) is 1. The Kier molecular flexibility index (Phi) is 4.02. The summed E-state index contributed by atoms with van der Waals surface area (Å²) in [6.07, 6.45) is 4.42. The first kappa shape index (κ1) is 16.8. The molecule has 5 rings (SSSR count). The van der Waals surface area contributed by atoms with Crippen molar-refractivity contribution in [1.29, 1.82) is 0 Å². The maximum absolute atomic E-state index is 12.5. The molecule has 4 aromatic rings. The molecule has 0 bridgehead atoms. The molecule has 0 atom stereocenters. The summed E-state index contributed by atoms with van der Waals surface area (Å²) in [4.78, 5) is 31.5. The van der Waals surface area contributed by atoms with Gasteiger partial charge in [0.15, 0.2) is 5.82 Å². The van der Waals surface area contributed by atoms with Crippen LogP contribution < -0.4 is 5.56 Å². The fourth-order valence-corrected chi connectivity index (χ4v) is 3.85. The van der Waals surface area contributed by atoms with Crippen molar-refractivity contribution in [2.75, 3.05) is 6.54 Å². The van der Waals surface area contributed by atoms with Gasteiger partial charge in [0.1, 0.15) is 11.5 Å². The van der Waals surface area contributed by atoms with Crippen molar-refractivity contribution in [2.24, 2.45) is 0 Å². The maximum atomic E-state index is 12.5. The fourth-order valence-electron chi connectivity index (χ4n) is 3.85. The molecule has 1 aliphatic heterocycles. The number of imidazole rings is 1. The van der Waals surface area contributed by atoms with Crippen LogP contribution in [0.5, 0.6) is 0 Å². The second-order valence-corrected chi connectivity index (χ2v) is 7.08. The number of pyridine rings is 2. The molecule has 1 N–H and O–H groups in total. The van der Waals surface area contributed by atoms with Crippen LogP contribution in [0, 0.1) is 6.92 Å². The molecule has 7 heteroatoms. The molecule has 0 aromatic carbocycles. The SMILES string of the molecule is Cc1nc(CN2CCc3c(nc(-c4ccccn4)[nH]c3=O)C2)c2ccccn12. The highest BCUT2D eigenvalue weighted by Gasteiger charge is 2.23. The van der Waals surface area contributed by atoms with Gasteiger partial charge in [-0.25, -0.2) is 9.97 Å². The zero-order valence-electron chi connectivity index (χ0n) is 15.6. The molecule has 0 saturated heterocycles. The third-order valence-corrected chi connectivity index (χ3v) is 5.23. The Morgan fingerprint density at radius 2 is 2.04 bits per heavy atom. The van der Waals surface area contributed by atoms with Gasteiger partial charge in [-0.1, -0.05) is 12.1 Å². The van der Waals surface area contributed by atoms with Gasteiger partial charge in [-0.15, -0.1) is 0 Å². The second-order valence-electron chi connectivity index (χ2n) is 7.08. The Hall–Kier alpha value is -3.32. The van der Waals surface area contributed by atoms with E-state index in [1.807, 2.05) is 43.5 Å². The number of aromatic nitrogens is 5. The number of aromatic amines is 1. The largest absolute Gasteiger partial charge is 0.305 e. The highest BCUT2D eigenvalue weighted by molar-refractivity contribution is 5.53. The minimum atomic E-state index is -0.0615. The van der Waals surface area contributed by atoms with Crippen LogP contribution in [0.3, 0.4) is 0 Å². The highest BCUT2D eigenvalue weighted by atomic mass is 16.1. The number of nitrogens with one attached hydrogen (secondary N) is 1. The lowest BCUT2D eigenvalue weighted by molar-refractivity contribution is 0.239. The van der Waals surface area contributed by atoms with Crippen molar-refractivity contribution >= 4 is 5.52 Å². The maximum Gasteiger partial charge on any atom is 0.254 e. The van der Waals surface area contributed by atoms with Crippen LogP contribution in [0.4, 0.5) is 0 Å². The van der Waals surface area contributed by atoms with Gasteiger partial charge in [-0.3, -0.25) is 14.7 Å². The first-order valence-corrected chi connectivity index (χ1v) is 9.37. The van der Waals surface area contributed by atoms with Crippen molar-refractivity contribution < 1.29 is 0 Å². The number of hydrogen-bond acceptors (Lipinski definition) is 5. The minimum Gasteiger partial charge on any atom is -0.305 e. The molecule has 0 fully saturated rings. The Bertz CT molecular complexity index is 1210. The van der Waals surface area contributed by atoms with Crippen LogP contribution in [0.15, 0.2) is 53.6 Å². The van der Waals surface area contributed by atoms with Crippen LogP contribution in [0.2, 0.25) is 0 Å². The molecule has 140 valence electrons. The summed E-state index contributed by atoms with van der Waals surface area (Å²) in [5, 5.41) is 0. The van der Waals surface area contributed by atoms with Gasteiger partial charge in [0, 0.05) is 37.6 Å². The molecular weight excluding hydrogens is 352 g/mol. The third kappa shape index (κ3) is 2.90. The Morgan fingerprint density at radius 1 is 1.14 bits per heavy atom. The highest BCUT2D eigenvalue weighted by Crippen LogP contribution is 2.21. The molecule has 7 nitrogen and oxygen atoms in total. The van der Waals surface area contributed by atoms with E-state index in [1.54, 1.807) is 6.20 Å². The van der Waals surface area contributed by atoms with Crippen molar-refractivity contribution in [3.05, 3.63) is 81.9 Å². The first-order chi connectivity index (χ1) is 13.7. The normalized spacial score (nSPS) is 14.3. The average Bonchev–Trinajstić information content (AvgIpc) is 3.04. The van der Waals surface area contributed by atoms with Crippen molar-refractivity contribution in [3.63, 3.8) is 0 Å². The van der Waals surface area contributed by atoms with Gasteiger partial charge in [-0.2, -0.15) is 0 Å². The number of rotatable bonds is 3. The summed E-state index contributed by atoms with van der Waals surface area (Å²) in [6.45, 7) is 4.19. The van der Waals surface area contributed by atoms with E-state index >= 15 is 0 Å². The number of fused-ring (bicyclic) bond motifs is 2. The Balaban J connectivity index is 1.46. The van der Waals surface area contributed by atoms with Crippen LogP contribution in [-0.2, 0) is 19.5 Å². The minimum absolute atomic E-state index is 0.0615. The summed E-state index contributed by atoms with van der Waals surface area (Å²) < 4.78 is 2.11. The molecule has 1 aliphatic rings. The van der Waals surface area contributed by atoms with Gasteiger partial charge < -0.3 is 9.38 Å². The van der Waals surface area contributed by atoms with Crippen LogP contribution in [0.25, 0.3) is 17.0 Å². The molecule has 28 heavy (non-hydrogen) atoms. The summed E-state index contributed by atoms with van der Waals surface area (Å²) in [7, 11) is 0. The van der Waals surface area contributed by atoms with E-state index in [1.165, 1.54) is 0 Å². The molecule has 0 amide bonds. The fraction of sp³-hybridized carbons (Fsp3) is 0.238. The van der Waals surface area contributed by atoms with Gasteiger partial charge in [0.25, 0.3) is 5.56 Å². The summed E-state index contributed by atoms with van der Waals surface area (Å²) in [5.41, 5.74) is 4.40. The molecule has 0 radical (unpaired) electrons. The Morgan fingerprint density at radius 3 is 2.89 bits per heavy atom. The van der Waals surface area contributed by atoms with E-state index in [-0.39, 0.29) is 5.56 Å². The first-order valence-electron chi connectivity index (χ1n) is 9.37. The zero-order chi connectivity index (χ0) is 19.1. The van der Waals surface area contributed by atoms with E-state index in [2.05, 4.69) is 25.3 Å². The number of nitrogens with zero attached hydrogens (tertiary/aromatic N) is 5. The lowest BCUT2D eigenvalue weighted by atomic mass is 10.1. The smallest absolute Gasteiger partial charge is 0.254 e. The average molecular weight is 372 g/mol. The quantitative estimate of drug-likeness (QED) is 0.597. The van der Waals surface area contributed by atoms with Crippen LogP contribution in [0.1, 0.15) is 22.8 Å². The lowest BCUT2D eigenvalue weighted by Crippen LogP contribution is -2.35. The van der Waals surface area contributed by atoms with E-state index in [0.717, 1.165) is 41.4 Å². The van der Waals surface area contributed by atoms with Gasteiger partial charge in [-0.05, 0) is 37.6 Å². The summed E-state index contributed by atoms with van der Waals surface area (Å²) in [6, 6.07) is 11.7. The second kappa shape index (κ2) is 6.69. The van der Waals surface area contributed by atoms with Gasteiger partial charge in [0.2, 0.25) is 0 Å². The molecule has 0 spiro atoms. The molecule has 4 aromatic heterocycles. The van der Waals surface area contributed by atoms with Crippen molar-refractivity contribution in [2.45, 2.75) is 26.4 Å². The van der Waals surface area contributed by atoms with E-state index in [4.69, 9.17) is 9.97 Å². The van der Waals surface area contributed by atoms with E-state index < -0.39 is 0 Å². The lowest BCUT2D eigenvalue weighted by Gasteiger charge is -2.27. The third-order valence-electron chi connectivity index (χ3n) is 5.23.